The molecule has 1 aliphatic carbocycles. The average molecular weight is 490 g/mol. The molecule has 7 amide bonds. The van der Waals surface area contributed by atoms with Gasteiger partial charge in [0.15, 0.2) is 0 Å². The fourth-order valence-corrected chi connectivity index (χ4v) is 5.25. The first kappa shape index (κ1) is 23.5. The Morgan fingerprint density at radius 1 is 0.944 bits per heavy atom. The Morgan fingerprint density at radius 3 is 2.44 bits per heavy atom. The minimum absolute atomic E-state index is 0.336. The van der Waals surface area contributed by atoms with Crippen LogP contribution in [0.2, 0.25) is 0 Å². The van der Waals surface area contributed by atoms with E-state index in [0.29, 0.717) is 30.7 Å². The molecular formula is C26H27N5O5. The van der Waals surface area contributed by atoms with Crippen LogP contribution in [0.4, 0.5) is 9.59 Å². The molecule has 2 saturated heterocycles. The van der Waals surface area contributed by atoms with E-state index in [-0.39, 0.29) is 0 Å². The molecule has 10 nitrogen and oxygen atoms in total. The number of carbonyl (C=O) groups is 5. The third kappa shape index (κ3) is 3.88. The summed E-state index contributed by atoms with van der Waals surface area (Å²) in [6.07, 6.45) is 2.84. The van der Waals surface area contributed by atoms with Gasteiger partial charge in [-0.2, -0.15) is 5.01 Å². The molecule has 36 heavy (non-hydrogen) atoms. The Hall–Kier alpha value is -4.21. The number of carbonyl (C=O) groups excluding carboxylic acids is 5. The lowest BCUT2D eigenvalue weighted by atomic mass is 9.76. The van der Waals surface area contributed by atoms with Crippen molar-refractivity contribution >= 4 is 29.8 Å². The topological polar surface area (TPSA) is 128 Å². The second-order valence-electron chi connectivity index (χ2n) is 9.66. The highest BCUT2D eigenvalue weighted by Gasteiger charge is 2.54. The number of aryl methyl sites for hydroxylation is 2. The molecule has 0 unspecified atom stereocenters. The molecule has 2 atom stereocenters. The maximum absolute atomic E-state index is 13.4. The van der Waals surface area contributed by atoms with Crippen molar-refractivity contribution in [3.8, 4) is 0 Å². The molecule has 0 radical (unpaired) electrons. The number of rotatable bonds is 6. The molecule has 3 N–H and O–H groups in total. The molecule has 0 aromatic heterocycles. The molecular weight excluding hydrogens is 462 g/mol. The Bertz CT molecular complexity index is 1260. The number of hydrogen-bond acceptors (Lipinski definition) is 5. The first-order valence-electron chi connectivity index (χ1n) is 12.0. The summed E-state index contributed by atoms with van der Waals surface area (Å²) in [5.41, 5.74) is 2.60. The predicted octanol–water partition coefficient (Wildman–Crippen LogP) is 1.74. The zero-order valence-corrected chi connectivity index (χ0v) is 19.9. The lowest BCUT2D eigenvalue weighted by molar-refractivity contribution is -0.141. The third-order valence-electron chi connectivity index (χ3n) is 7.21. The van der Waals surface area contributed by atoms with Gasteiger partial charge in [0.25, 0.3) is 17.7 Å². The highest BCUT2D eigenvalue weighted by molar-refractivity contribution is 6.11. The molecule has 3 aliphatic rings. The van der Waals surface area contributed by atoms with Gasteiger partial charge < -0.3 is 10.6 Å². The summed E-state index contributed by atoms with van der Waals surface area (Å²) >= 11 is 0. The molecule has 2 aliphatic heterocycles. The molecule has 5 rings (SSSR count). The maximum Gasteiger partial charge on any atom is 0.344 e. The van der Waals surface area contributed by atoms with Crippen LogP contribution in [-0.2, 0) is 32.8 Å². The summed E-state index contributed by atoms with van der Waals surface area (Å²) in [4.78, 5) is 65.3. The molecule has 2 aromatic rings. The van der Waals surface area contributed by atoms with Crippen molar-refractivity contribution in [2.45, 2.75) is 50.1 Å². The average Bonchev–Trinajstić information content (AvgIpc) is 3.23. The SMILES string of the molecule is C[C@@]1(CCc2ccccc2)NC(=O)N(NC(=O)CN2C(=O)N[C@@]3(CCCc4ccccc43)C2=O)C1=O. The minimum Gasteiger partial charge on any atom is -0.322 e. The Labute approximate surface area is 208 Å². The van der Waals surface area contributed by atoms with E-state index in [4.69, 9.17) is 0 Å². The highest BCUT2D eigenvalue weighted by Crippen LogP contribution is 2.39. The summed E-state index contributed by atoms with van der Waals surface area (Å²) in [6, 6.07) is 15.5. The van der Waals surface area contributed by atoms with Crippen LogP contribution in [0.1, 0.15) is 42.9 Å². The molecule has 186 valence electrons. The van der Waals surface area contributed by atoms with Gasteiger partial charge in [-0.3, -0.25) is 24.7 Å². The van der Waals surface area contributed by atoms with Crippen molar-refractivity contribution in [1.82, 2.24) is 26.0 Å². The summed E-state index contributed by atoms with van der Waals surface area (Å²) in [7, 11) is 0. The number of fused-ring (bicyclic) bond motifs is 2. The van der Waals surface area contributed by atoms with Crippen LogP contribution in [-0.4, -0.2) is 51.8 Å². The predicted molar refractivity (Wildman–Crippen MR) is 128 cm³/mol. The zero-order valence-electron chi connectivity index (χ0n) is 19.9. The fourth-order valence-electron chi connectivity index (χ4n) is 5.25. The van der Waals surface area contributed by atoms with Crippen molar-refractivity contribution in [1.29, 1.82) is 0 Å². The van der Waals surface area contributed by atoms with E-state index in [9.17, 15) is 24.0 Å². The van der Waals surface area contributed by atoms with E-state index < -0.39 is 47.4 Å². The third-order valence-corrected chi connectivity index (χ3v) is 7.21. The van der Waals surface area contributed by atoms with Gasteiger partial charge in [-0.1, -0.05) is 54.6 Å². The van der Waals surface area contributed by atoms with Gasteiger partial charge in [-0.25, -0.2) is 9.59 Å². The van der Waals surface area contributed by atoms with Gasteiger partial charge in [-0.05, 0) is 55.7 Å². The van der Waals surface area contributed by atoms with Crippen LogP contribution in [0.25, 0.3) is 0 Å². The number of benzene rings is 2. The second kappa shape index (κ2) is 8.78. The number of hydrazine groups is 1. The van der Waals surface area contributed by atoms with Crippen LogP contribution in [0, 0.1) is 0 Å². The van der Waals surface area contributed by atoms with Gasteiger partial charge in [0.05, 0.1) is 0 Å². The quantitative estimate of drug-likeness (QED) is 0.533. The van der Waals surface area contributed by atoms with E-state index in [2.05, 4.69) is 16.1 Å². The Morgan fingerprint density at radius 2 is 1.67 bits per heavy atom. The zero-order chi connectivity index (χ0) is 25.5. The van der Waals surface area contributed by atoms with Crippen LogP contribution in [0.3, 0.4) is 0 Å². The van der Waals surface area contributed by atoms with E-state index in [1.165, 1.54) is 0 Å². The lowest BCUT2D eigenvalue weighted by Gasteiger charge is -2.33. The molecule has 0 saturated carbocycles. The first-order chi connectivity index (χ1) is 17.2. The van der Waals surface area contributed by atoms with E-state index >= 15 is 0 Å². The fraction of sp³-hybridized carbons (Fsp3) is 0.346. The number of urea groups is 2. The van der Waals surface area contributed by atoms with E-state index in [0.717, 1.165) is 28.0 Å². The molecule has 2 fully saturated rings. The molecule has 1 spiro atoms. The summed E-state index contributed by atoms with van der Waals surface area (Å²) in [5.74, 6) is -1.94. The van der Waals surface area contributed by atoms with Crippen LogP contribution in [0.5, 0.6) is 0 Å². The Kier molecular flexibility index (Phi) is 5.74. The van der Waals surface area contributed by atoms with Crippen molar-refractivity contribution < 1.29 is 24.0 Å². The summed E-state index contributed by atoms with van der Waals surface area (Å²) in [6.45, 7) is 0.983. The highest BCUT2D eigenvalue weighted by atomic mass is 16.2. The molecule has 0 bridgehead atoms. The van der Waals surface area contributed by atoms with Crippen LogP contribution < -0.4 is 16.1 Å². The standard InChI is InChI=1S/C26H27N5O5/c1-25(15-13-17-8-3-2-4-9-17)21(33)31(24(36)27-25)29-20(32)16-30-22(34)26(28-23(30)35)14-7-11-18-10-5-6-12-19(18)26/h2-6,8-10,12H,7,11,13-16H2,1H3,(H,27,36)(H,28,35)(H,29,32)/t25-,26+/m0/s1. The monoisotopic (exact) mass is 489 g/mol. The summed E-state index contributed by atoms with van der Waals surface area (Å²) < 4.78 is 0. The van der Waals surface area contributed by atoms with Crippen LogP contribution >= 0.6 is 0 Å². The number of amides is 7. The van der Waals surface area contributed by atoms with Gasteiger partial charge in [0.1, 0.15) is 17.6 Å². The van der Waals surface area contributed by atoms with Crippen molar-refractivity contribution in [2.75, 3.05) is 6.54 Å². The molecule has 2 aromatic carbocycles. The minimum atomic E-state index is -1.21. The van der Waals surface area contributed by atoms with E-state index in [1.54, 1.807) is 6.92 Å². The normalized spacial score (nSPS) is 25.1. The number of nitrogens with one attached hydrogen (secondary N) is 3. The number of hydrogen-bond donors (Lipinski definition) is 3. The summed E-state index contributed by atoms with van der Waals surface area (Å²) in [5, 5.41) is 6.04. The van der Waals surface area contributed by atoms with Crippen LogP contribution in [0.15, 0.2) is 54.6 Å². The maximum atomic E-state index is 13.4. The first-order valence-corrected chi connectivity index (χ1v) is 12.0. The van der Waals surface area contributed by atoms with Gasteiger partial charge in [0, 0.05) is 0 Å². The van der Waals surface area contributed by atoms with Gasteiger partial charge in [-0.15, -0.1) is 0 Å². The number of nitrogens with zero attached hydrogens (tertiary/aromatic N) is 2. The second-order valence-corrected chi connectivity index (χ2v) is 9.66. The van der Waals surface area contributed by atoms with Gasteiger partial charge in [0.2, 0.25) is 0 Å². The van der Waals surface area contributed by atoms with Crippen molar-refractivity contribution in [3.63, 3.8) is 0 Å². The van der Waals surface area contributed by atoms with Gasteiger partial charge >= 0.3 is 12.1 Å². The van der Waals surface area contributed by atoms with Crippen molar-refractivity contribution in [2.24, 2.45) is 0 Å². The largest absolute Gasteiger partial charge is 0.344 e. The smallest absolute Gasteiger partial charge is 0.322 e. The van der Waals surface area contributed by atoms with E-state index in [1.807, 2.05) is 54.6 Å². The molecule has 10 heteroatoms. The van der Waals surface area contributed by atoms with Crippen molar-refractivity contribution in [3.05, 3.63) is 71.3 Å². The lowest BCUT2D eigenvalue weighted by Crippen LogP contribution is -2.52. The Balaban J connectivity index is 1.25. The number of imide groups is 2. The molecule has 2 heterocycles.